The first-order chi connectivity index (χ1) is 7.00. The molecule has 5 nitrogen and oxygen atoms in total. The fourth-order valence-corrected chi connectivity index (χ4v) is 2.21. The second-order valence-electron chi connectivity index (χ2n) is 3.09. The summed E-state index contributed by atoms with van der Waals surface area (Å²) in [7, 11) is -4.56. The zero-order valence-electron chi connectivity index (χ0n) is 9.04. The van der Waals surface area contributed by atoms with Crippen molar-refractivity contribution in [2.45, 2.75) is 4.90 Å². The minimum absolute atomic E-state index is 0. The number of hydrogen-bond donors (Lipinski definition) is 1. The largest absolute Gasteiger partial charge is 1.00 e. The summed E-state index contributed by atoms with van der Waals surface area (Å²) in [6.07, 6.45) is 0. The molecule has 2 aromatic carbocycles. The normalized spacial score (nSPS) is 10.4. The Bertz CT molecular complexity index is 618. The van der Waals surface area contributed by atoms with Crippen LogP contribution in [0.4, 0.5) is 0 Å². The Balaban J connectivity index is 0.00000128. The monoisotopic (exact) mass is 264 g/mol. The van der Waals surface area contributed by atoms with Gasteiger partial charge in [0.1, 0.15) is 15.9 Å². The molecule has 0 aliphatic heterocycles. The molecule has 0 amide bonds. The van der Waals surface area contributed by atoms with Crippen LogP contribution in [0.15, 0.2) is 41.3 Å². The van der Waals surface area contributed by atoms with Gasteiger partial charge in [0.05, 0.1) is 4.90 Å². The van der Waals surface area contributed by atoms with E-state index in [1.165, 1.54) is 18.2 Å². The van der Waals surface area contributed by atoms with Gasteiger partial charge in [-0.1, -0.05) is 24.3 Å². The summed E-state index contributed by atoms with van der Waals surface area (Å²) in [6.45, 7) is 0. The van der Waals surface area contributed by atoms with Gasteiger partial charge in [-0.3, -0.25) is 0 Å². The first-order valence-corrected chi connectivity index (χ1v) is 5.57. The van der Waals surface area contributed by atoms with Crippen LogP contribution in [0.25, 0.3) is 10.8 Å². The maximum atomic E-state index is 10.9. The van der Waals surface area contributed by atoms with Gasteiger partial charge in [0, 0.05) is 5.39 Å². The Labute approximate surface area is 120 Å². The Kier molecular flexibility index (Phi) is 5.60. The minimum atomic E-state index is -4.56. The molecule has 7 heteroatoms. The van der Waals surface area contributed by atoms with Crippen LogP contribution in [0.5, 0.6) is 5.75 Å². The van der Waals surface area contributed by atoms with E-state index in [4.69, 9.17) is 0 Å². The Hall–Kier alpha value is -0.630. The SMILES string of the molecule is O.O=S(=O)([O-])c1cccc2cccc(O)c12.[Na+]. The van der Waals surface area contributed by atoms with Crippen molar-refractivity contribution >= 4 is 20.9 Å². The van der Waals surface area contributed by atoms with Gasteiger partial charge in [-0.05, 0) is 17.5 Å². The summed E-state index contributed by atoms with van der Waals surface area (Å²) in [4.78, 5) is -0.391. The van der Waals surface area contributed by atoms with Crippen molar-refractivity contribution in [2.24, 2.45) is 0 Å². The average molecular weight is 264 g/mol. The molecule has 0 saturated heterocycles. The van der Waals surface area contributed by atoms with Gasteiger partial charge in [-0.25, -0.2) is 8.42 Å². The molecule has 0 heterocycles. The van der Waals surface area contributed by atoms with E-state index in [-0.39, 0.29) is 46.2 Å². The Morgan fingerprint density at radius 2 is 1.59 bits per heavy atom. The maximum absolute atomic E-state index is 10.9. The molecule has 0 aromatic heterocycles. The zero-order valence-corrected chi connectivity index (χ0v) is 11.9. The molecule has 0 radical (unpaired) electrons. The molecular formula is C10H9NaO5S. The third-order valence-electron chi connectivity index (χ3n) is 2.11. The molecule has 0 aliphatic rings. The summed E-state index contributed by atoms with van der Waals surface area (Å²) in [5.41, 5.74) is 0. The van der Waals surface area contributed by atoms with Crippen molar-refractivity contribution in [3.63, 3.8) is 0 Å². The predicted molar refractivity (Wildman–Crippen MR) is 57.2 cm³/mol. The van der Waals surface area contributed by atoms with Gasteiger partial charge in [0.2, 0.25) is 0 Å². The van der Waals surface area contributed by atoms with Gasteiger partial charge >= 0.3 is 29.6 Å². The number of aromatic hydroxyl groups is 1. The molecule has 3 N–H and O–H groups in total. The molecule has 0 bridgehead atoms. The van der Waals surface area contributed by atoms with Crippen LogP contribution >= 0.6 is 0 Å². The molecule has 2 aromatic rings. The van der Waals surface area contributed by atoms with E-state index in [9.17, 15) is 18.1 Å². The molecule has 0 spiro atoms. The van der Waals surface area contributed by atoms with Crippen LogP contribution in [0, 0.1) is 0 Å². The first kappa shape index (κ1) is 16.4. The van der Waals surface area contributed by atoms with E-state index in [1.54, 1.807) is 18.2 Å². The van der Waals surface area contributed by atoms with Crippen LogP contribution in [-0.2, 0) is 10.1 Å². The minimum Gasteiger partial charge on any atom is -0.744 e. The van der Waals surface area contributed by atoms with E-state index in [2.05, 4.69) is 0 Å². The first-order valence-electron chi connectivity index (χ1n) is 4.17. The molecule has 0 unspecified atom stereocenters. The van der Waals surface area contributed by atoms with Crippen molar-refractivity contribution in [3.05, 3.63) is 36.4 Å². The van der Waals surface area contributed by atoms with Crippen LogP contribution in [0.2, 0.25) is 0 Å². The average Bonchev–Trinajstić information content (AvgIpc) is 2.16. The topological polar surface area (TPSA) is 109 Å². The summed E-state index contributed by atoms with van der Waals surface area (Å²) in [6, 6.07) is 8.83. The summed E-state index contributed by atoms with van der Waals surface area (Å²) >= 11 is 0. The fraction of sp³-hybridized carbons (Fsp3) is 0. The fourth-order valence-electron chi connectivity index (χ4n) is 1.50. The van der Waals surface area contributed by atoms with Gasteiger partial charge in [-0.15, -0.1) is 0 Å². The van der Waals surface area contributed by atoms with Gasteiger partial charge in [0.15, 0.2) is 0 Å². The van der Waals surface area contributed by atoms with E-state index < -0.39 is 15.0 Å². The number of hydrogen-bond acceptors (Lipinski definition) is 4. The van der Waals surface area contributed by atoms with Gasteiger partial charge in [-0.2, -0.15) is 0 Å². The number of benzene rings is 2. The second kappa shape index (κ2) is 5.81. The number of rotatable bonds is 1. The van der Waals surface area contributed by atoms with Crippen molar-refractivity contribution in [1.82, 2.24) is 0 Å². The van der Waals surface area contributed by atoms with Crippen molar-refractivity contribution in [3.8, 4) is 5.75 Å². The Morgan fingerprint density at radius 1 is 1.06 bits per heavy atom. The van der Waals surface area contributed by atoms with E-state index in [0.717, 1.165) is 0 Å². The zero-order chi connectivity index (χ0) is 11.1. The van der Waals surface area contributed by atoms with Crippen LogP contribution in [-0.4, -0.2) is 23.6 Å². The van der Waals surface area contributed by atoms with Crippen LogP contribution < -0.4 is 29.6 Å². The molecule has 0 saturated carbocycles. The van der Waals surface area contributed by atoms with Crippen LogP contribution in [0.1, 0.15) is 0 Å². The predicted octanol–water partition coefficient (Wildman–Crippen LogP) is -2.37. The molecular weight excluding hydrogens is 255 g/mol. The number of phenols is 1. The summed E-state index contributed by atoms with van der Waals surface area (Å²) < 4.78 is 32.8. The molecule has 0 atom stereocenters. The smallest absolute Gasteiger partial charge is 0.744 e. The standard InChI is InChI=1S/C10H8O4S.Na.H2O/c11-8-5-1-3-7-4-2-6-9(10(7)8)15(12,13)14;;/h1-6,11H,(H,12,13,14);;1H2/q;+1;/p-1. The molecule has 17 heavy (non-hydrogen) atoms. The third kappa shape index (κ3) is 3.19. The second-order valence-corrected chi connectivity index (χ2v) is 4.43. The van der Waals surface area contributed by atoms with Gasteiger partial charge < -0.3 is 15.1 Å². The van der Waals surface area contributed by atoms with E-state index in [1.807, 2.05) is 0 Å². The third-order valence-corrected chi connectivity index (χ3v) is 2.99. The van der Waals surface area contributed by atoms with Crippen molar-refractivity contribution in [2.75, 3.05) is 0 Å². The molecule has 2 rings (SSSR count). The number of phenolic OH excluding ortho intramolecular Hbond substituents is 1. The number of fused-ring (bicyclic) bond motifs is 1. The van der Waals surface area contributed by atoms with Gasteiger partial charge in [0.25, 0.3) is 0 Å². The van der Waals surface area contributed by atoms with Crippen molar-refractivity contribution < 1.29 is 53.1 Å². The molecule has 0 aliphatic carbocycles. The molecule has 86 valence electrons. The van der Waals surface area contributed by atoms with E-state index in [0.29, 0.717) is 5.39 Å². The Morgan fingerprint density at radius 3 is 2.12 bits per heavy atom. The maximum Gasteiger partial charge on any atom is 1.00 e. The summed E-state index contributed by atoms with van der Waals surface area (Å²) in [5, 5.41) is 10.1. The summed E-state index contributed by atoms with van der Waals surface area (Å²) in [5.74, 6) is -0.206. The van der Waals surface area contributed by atoms with Crippen LogP contribution in [0.3, 0.4) is 0 Å². The quantitative estimate of drug-likeness (QED) is 0.458. The van der Waals surface area contributed by atoms with E-state index >= 15 is 0 Å². The van der Waals surface area contributed by atoms with Crippen molar-refractivity contribution in [1.29, 1.82) is 0 Å². The molecule has 0 fully saturated rings.